The number of likely N-dealkylation sites (tertiary alicyclic amines) is 1. The van der Waals surface area contributed by atoms with Crippen molar-refractivity contribution in [2.75, 3.05) is 13.1 Å². The van der Waals surface area contributed by atoms with Crippen molar-refractivity contribution >= 4 is 23.4 Å². The minimum absolute atomic E-state index is 0.0353. The molecule has 1 aliphatic rings. The van der Waals surface area contributed by atoms with E-state index in [1.165, 1.54) is 12.1 Å². The molecule has 6 heteroatoms. The number of carbonyl (C=O) groups excluding carboxylic acids is 2. The van der Waals surface area contributed by atoms with Crippen LogP contribution in [0, 0.1) is 5.82 Å². The average molecular weight is 541 g/mol. The van der Waals surface area contributed by atoms with Gasteiger partial charge in [0, 0.05) is 23.7 Å². The topological polar surface area (TPSA) is 49.4 Å². The van der Waals surface area contributed by atoms with Crippen LogP contribution in [0.25, 0.3) is 11.1 Å². The first kappa shape index (κ1) is 26.6. The lowest BCUT2D eigenvalue weighted by atomic mass is 9.71. The standard InChI is InChI=1S/C33H30ClFN2O2/c1-23(24-11-15-29(34)16-12-24)36-32(39)33(28-5-3-2-4-6-28)19-21-37(22-20-33)31(38)27-9-7-25(8-10-27)26-13-17-30(35)18-14-26/h2-18,23H,19-22H2,1H3,(H,36,39)/t23-/m0/s1. The Kier molecular flexibility index (Phi) is 7.80. The molecule has 1 heterocycles. The SMILES string of the molecule is C[C@H](NC(=O)C1(c2ccccc2)CCN(C(=O)c2ccc(-c3ccc(F)cc3)cc2)CC1)c1ccc(Cl)cc1. The Morgan fingerprint density at radius 1 is 0.821 bits per heavy atom. The highest BCUT2D eigenvalue weighted by atomic mass is 35.5. The number of rotatable bonds is 6. The van der Waals surface area contributed by atoms with Crippen molar-refractivity contribution < 1.29 is 14.0 Å². The molecule has 1 fully saturated rings. The summed E-state index contributed by atoms with van der Waals surface area (Å²) in [4.78, 5) is 29.0. The summed E-state index contributed by atoms with van der Waals surface area (Å²) < 4.78 is 13.3. The number of carbonyl (C=O) groups is 2. The van der Waals surface area contributed by atoms with E-state index >= 15 is 0 Å². The van der Waals surface area contributed by atoms with E-state index in [-0.39, 0.29) is 23.7 Å². The lowest BCUT2D eigenvalue weighted by Crippen LogP contribution is -2.53. The number of halogens is 2. The molecule has 0 bridgehead atoms. The maximum absolute atomic E-state index is 13.8. The molecule has 4 aromatic rings. The first-order valence-electron chi connectivity index (χ1n) is 13.1. The van der Waals surface area contributed by atoms with Gasteiger partial charge in [0.1, 0.15) is 5.82 Å². The highest BCUT2D eigenvalue weighted by Crippen LogP contribution is 2.37. The Hall–Kier alpha value is -3.96. The van der Waals surface area contributed by atoms with Crippen LogP contribution in [0.4, 0.5) is 4.39 Å². The van der Waals surface area contributed by atoms with E-state index in [1.54, 1.807) is 24.3 Å². The minimum atomic E-state index is -0.731. The zero-order valence-electron chi connectivity index (χ0n) is 21.7. The Morgan fingerprint density at radius 2 is 1.38 bits per heavy atom. The van der Waals surface area contributed by atoms with Gasteiger partial charge < -0.3 is 10.2 Å². The average Bonchev–Trinajstić information content (AvgIpc) is 2.98. The second-order valence-electron chi connectivity index (χ2n) is 10.1. The maximum atomic E-state index is 13.8. The fourth-order valence-corrected chi connectivity index (χ4v) is 5.42. The number of benzene rings is 4. The molecular formula is C33H30ClFN2O2. The maximum Gasteiger partial charge on any atom is 0.253 e. The number of hydrogen-bond acceptors (Lipinski definition) is 2. The summed E-state index contributed by atoms with van der Waals surface area (Å²) in [6.07, 6.45) is 1.05. The molecule has 4 aromatic carbocycles. The van der Waals surface area contributed by atoms with E-state index in [0.717, 1.165) is 22.3 Å². The van der Waals surface area contributed by atoms with Gasteiger partial charge in [-0.2, -0.15) is 0 Å². The molecule has 4 nitrogen and oxygen atoms in total. The van der Waals surface area contributed by atoms with Crippen molar-refractivity contribution in [2.45, 2.75) is 31.2 Å². The van der Waals surface area contributed by atoms with Gasteiger partial charge in [0.25, 0.3) is 5.91 Å². The number of piperidine rings is 1. The summed E-state index contributed by atoms with van der Waals surface area (Å²) in [7, 11) is 0. The third-order valence-corrected chi connectivity index (χ3v) is 7.94. The van der Waals surface area contributed by atoms with Crippen molar-refractivity contribution in [3.05, 3.63) is 131 Å². The molecule has 0 radical (unpaired) electrons. The second kappa shape index (κ2) is 11.4. The molecule has 198 valence electrons. The molecule has 2 amide bonds. The summed E-state index contributed by atoms with van der Waals surface area (Å²) in [5, 5.41) is 3.87. The highest BCUT2D eigenvalue weighted by molar-refractivity contribution is 6.30. The monoisotopic (exact) mass is 540 g/mol. The van der Waals surface area contributed by atoms with E-state index in [9.17, 15) is 14.0 Å². The fraction of sp³-hybridized carbons (Fsp3) is 0.212. The van der Waals surface area contributed by atoms with Crippen LogP contribution in [-0.4, -0.2) is 29.8 Å². The minimum Gasteiger partial charge on any atom is -0.349 e. The van der Waals surface area contributed by atoms with Crippen LogP contribution >= 0.6 is 11.6 Å². The molecule has 39 heavy (non-hydrogen) atoms. The van der Waals surface area contributed by atoms with Gasteiger partial charge in [-0.25, -0.2) is 4.39 Å². The lowest BCUT2D eigenvalue weighted by Gasteiger charge is -2.41. The molecule has 5 rings (SSSR count). The molecule has 1 atom stereocenters. The van der Waals surface area contributed by atoms with Crippen LogP contribution in [-0.2, 0) is 10.2 Å². The summed E-state index contributed by atoms with van der Waals surface area (Å²) in [5.74, 6) is -0.375. The number of amides is 2. The number of nitrogens with zero attached hydrogens (tertiary/aromatic N) is 1. The Labute approximate surface area is 233 Å². The first-order valence-corrected chi connectivity index (χ1v) is 13.5. The highest BCUT2D eigenvalue weighted by Gasteiger charge is 2.44. The van der Waals surface area contributed by atoms with Crippen molar-refractivity contribution in [3.8, 4) is 11.1 Å². The van der Waals surface area contributed by atoms with Gasteiger partial charge in [0.15, 0.2) is 0 Å². The summed E-state index contributed by atoms with van der Waals surface area (Å²) in [6.45, 7) is 2.90. The summed E-state index contributed by atoms with van der Waals surface area (Å²) in [6, 6.07) is 30.8. The molecular weight excluding hydrogens is 511 g/mol. The Bertz CT molecular complexity index is 1430. The van der Waals surface area contributed by atoms with Gasteiger partial charge in [-0.3, -0.25) is 9.59 Å². The van der Waals surface area contributed by atoms with Crippen molar-refractivity contribution in [2.24, 2.45) is 0 Å². The summed E-state index contributed by atoms with van der Waals surface area (Å²) >= 11 is 6.04. The zero-order chi connectivity index (χ0) is 27.4. The molecule has 1 aliphatic heterocycles. The molecule has 0 aliphatic carbocycles. The van der Waals surface area contributed by atoms with Crippen LogP contribution in [0.2, 0.25) is 5.02 Å². The van der Waals surface area contributed by atoms with E-state index in [4.69, 9.17) is 11.6 Å². The zero-order valence-corrected chi connectivity index (χ0v) is 22.5. The van der Waals surface area contributed by atoms with Crippen molar-refractivity contribution in [1.29, 1.82) is 0 Å². The van der Waals surface area contributed by atoms with Gasteiger partial charge in [0.2, 0.25) is 5.91 Å². The van der Waals surface area contributed by atoms with Crippen molar-refractivity contribution in [3.63, 3.8) is 0 Å². The van der Waals surface area contributed by atoms with Gasteiger partial charge in [-0.1, -0.05) is 78.3 Å². The van der Waals surface area contributed by atoms with E-state index in [1.807, 2.05) is 78.6 Å². The molecule has 0 aromatic heterocycles. The van der Waals surface area contributed by atoms with E-state index in [2.05, 4.69) is 5.32 Å². The predicted molar refractivity (Wildman–Crippen MR) is 153 cm³/mol. The normalized spacial score (nSPS) is 15.4. The Morgan fingerprint density at radius 3 is 1.97 bits per heavy atom. The predicted octanol–water partition coefficient (Wildman–Crippen LogP) is 7.20. The number of nitrogens with one attached hydrogen (secondary N) is 1. The number of hydrogen-bond donors (Lipinski definition) is 1. The first-order chi connectivity index (χ1) is 18.9. The van der Waals surface area contributed by atoms with Crippen LogP contribution in [0.5, 0.6) is 0 Å². The van der Waals surface area contributed by atoms with Gasteiger partial charge in [-0.15, -0.1) is 0 Å². The third-order valence-electron chi connectivity index (χ3n) is 7.69. The van der Waals surface area contributed by atoms with Gasteiger partial charge in [0.05, 0.1) is 11.5 Å². The molecule has 0 spiro atoms. The molecule has 1 N–H and O–H groups in total. The van der Waals surface area contributed by atoms with Crippen LogP contribution in [0.15, 0.2) is 103 Å². The lowest BCUT2D eigenvalue weighted by molar-refractivity contribution is -0.129. The third kappa shape index (κ3) is 5.74. The summed E-state index contributed by atoms with van der Waals surface area (Å²) in [5.41, 5.74) is 3.60. The smallest absolute Gasteiger partial charge is 0.253 e. The van der Waals surface area contributed by atoms with Crippen molar-refractivity contribution in [1.82, 2.24) is 10.2 Å². The van der Waals surface area contributed by atoms with Crippen LogP contribution < -0.4 is 5.32 Å². The molecule has 0 unspecified atom stereocenters. The second-order valence-corrected chi connectivity index (χ2v) is 10.5. The Balaban J connectivity index is 1.31. The van der Waals surface area contributed by atoms with Crippen LogP contribution in [0.3, 0.4) is 0 Å². The van der Waals surface area contributed by atoms with Crippen LogP contribution in [0.1, 0.15) is 47.3 Å². The van der Waals surface area contributed by atoms with Gasteiger partial charge >= 0.3 is 0 Å². The van der Waals surface area contributed by atoms with E-state index in [0.29, 0.717) is 36.5 Å². The molecule has 0 saturated carbocycles. The van der Waals surface area contributed by atoms with Gasteiger partial charge in [-0.05, 0) is 78.4 Å². The van der Waals surface area contributed by atoms with E-state index < -0.39 is 5.41 Å². The fourth-order valence-electron chi connectivity index (χ4n) is 5.30. The molecule has 1 saturated heterocycles. The largest absolute Gasteiger partial charge is 0.349 e. The quantitative estimate of drug-likeness (QED) is 0.281.